The molecule has 164 valence electrons. The Labute approximate surface area is 185 Å². The van der Waals surface area contributed by atoms with Gasteiger partial charge in [-0.3, -0.25) is 29.4 Å². The summed E-state index contributed by atoms with van der Waals surface area (Å²) < 4.78 is 0. The zero-order valence-electron chi connectivity index (χ0n) is 17.6. The molecule has 4 amide bonds. The van der Waals surface area contributed by atoms with Gasteiger partial charge in [0.15, 0.2) is 0 Å². The molecule has 5 atom stereocenters. The summed E-state index contributed by atoms with van der Waals surface area (Å²) in [6.07, 6.45) is 0.316. The van der Waals surface area contributed by atoms with E-state index in [1.54, 1.807) is 24.3 Å². The summed E-state index contributed by atoms with van der Waals surface area (Å²) in [6, 6.07) is 15.5. The molecule has 4 N–H and O–H groups in total. The smallest absolute Gasteiger partial charge is 0.250 e. The van der Waals surface area contributed by atoms with Crippen molar-refractivity contribution in [3.05, 3.63) is 65.7 Å². The Morgan fingerprint density at radius 2 is 1.75 bits per heavy atom. The largest absolute Gasteiger partial charge is 0.370 e. The Balaban J connectivity index is 1.61. The first-order valence-electron chi connectivity index (χ1n) is 10.7. The summed E-state index contributed by atoms with van der Waals surface area (Å²) in [4.78, 5) is 53.6. The van der Waals surface area contributed by atoms with E-state index < -0.39 is 35.4 Å². The van der Waals surface area contributed by atoms with Crippen molar-refractivity contribution < 1.29 is 19.2 Å². The van der Waals surface area contributed by atoms with Gasteiger partial charge in [-0.25, -0.2) is 0 Å². The number of hydrogen-bond acceptors (Lipinski definition) is 5. The summed E-state index contributed by atoms with van der Waals surface area (Å²) in [6.45, 7) is 1.81. The maximum Gasteiger partial charge on any atom is 0.250 e. The zero-order chi connectivity index (χ0) is 22.6. The van der Waals surface area contributed by atoms with E-state index in [9.17, 15) is 19.2 Å². The minimum absolute atomic E-state index is 0.0515. The van der Waals surface area contributed by atoms with E-state index in [0.29, 0.717) is 11.3 Å². The molecule has 3 heterocycles. The van der Waals surface area contributed by atoms with Crippen molar-refractivity contribution in [2.45, 2.75) is 37.4 Å². The van der Waals surface area contributed by atoms with E-state index in [-0.39, 0.29) is 30.6 Å². The number of nitrogens with zero attached hydrogens (tertiary/aromatic N) is 1. The molecule has 0 aromatic heterocycles. The first-order valence-corrected chi connectivity index (χ1v) is 10.7. The number of para-hydroxylation sites is 1. The standard InChI is InChI=1S/C24H24N4O4/c1-13(14-7-3-2-4-8-14)28-21(30)19-17(11-12-18(25)29)27-24(20(19)22(28)31)15-9-5-6-10-16(15)26-23(24)32/h2-10,13,17,19-20,27H,11-12H2,1H3,(H2,25,29)(H,26,32)/t13?,17?,19-,20+,24?/m1/s1. The van der Waals surface area contributed by atoms with E-state index in [1.807, 2.05) is 37.3 Å². The number of anilines is 1. The van der Waals surface area contributed by atoms with Gasteiger partial charge in [-0.2, -0.15) is 0 Å². The number of likely N-dealkylation sites (tertiary alicyclic amines) is 1. The molecule has 0 bridgehead atoms. The molecule has 32 heavy (non-hydrogen) atoms. The Hall–Kier alpha value is -3.52. The monoisotopic (exact) mass is 432 g/mol. The van der Waals surface area contributed by atoms with E-state index in [0.717, 1.165) is 5.56 Å². The van der Waals surface area contributed by atoms with Crippen LogP contribution in [-0.4, -0.2) is 34.6 Å². The van der Waals surface area contributed by atoms with Crippen molar-refractivity contribution in [2.24, 2.45) is 17.6 Å². The molecular formula is C24H24N4O4. The number of carbonyl (C=O) groups excluding carboxylic acids is 4. The first kappa shape index (κ1) is 20.4. The number of fused-ring (bicyclic) bond motifs is 4. The Bertz CT molecular complexity index is 1130. The van der Waals surface area contributed by atoms with Crippen LogP contribution in [0.1, 0.15) is 36.9 Å². The van der Waals surface area contributed by atoms with Crippen molar-refractivity contribution in [1.82, 2.24) is 10.2 Å². The molecule has 5 rings (SSSR count). The summed E-state index contributed by atoms with van der Waals surface area (Å²) in [5.74, 6) is -3.21. The highest BCUT2D eigenvalue weighted by atomic mass is 16.2. The number of primary amides is 1. The van der Waals surface area contributed by atoms with Gasteiger partial charge >= 0.3 is 0 Å². The third-order valence-corrected chi connectivity index (χ3v) is 7.03. The molecule has 3 aliphatic rings. The van der Waals surface area contributed by atoms with E-state index in [1.165, 1.54) is 4.90 Å². The van der Waals surface area contributed by atoms with Crippen LogP contribution < -0.4 is 16.4 Å². The SMILES string of the molecule is CC(c1ccccc1)N1C(=O)[C@@H]2C(CCC(N)=O)NC3(C(=O)Nc4ccccc43)[C@@H]2C1=O. The molecule has 3 unspecified atom stereocenters. The minimum atomic E-state index is -1.36. The van der Waals surface area contributed by atoms with Crippen LogP contribution in [0.25, 0.3) is 0 Å². The first-order chi connectivity index (χ1) is 15.4. The van der Waals surface area contributed by atoms with Gasteiger partial charge in [-0.15, -0.1) is 0 Å². The van der Waals surface area contributed by atoms with Gasteiger partial charge in [-0.1, -0.05) is 48.5 Å². The van der Waals surface area contributed by atoms with Gasteiger partial charge in [-0.05, 0) is 25.0 Å². The highest BCUT2D eigenvalue weighted by Gasteiger charge is 2.70. The Kier molecular flexibility index (Phi) is 4.63. The molecule has 0 radical (unpaired) electrons. The van der Waals surface area contributed by atoms with Crippen LogP contribution >= 0.6 is 0 Å². The van der Waals surface area contributed by atoms with Crippen LogP contribution in [-0.2, 0) is 24.7 Å². The number of rotatable bonds is 5. The fourth-order valence-corrected chi connectivity index (χ4v) is 5.59. The molecular weight excluding hydrogens is 408 g/mol. The molecule has 1 spiro atoms. The second-order valence-corrected chi connectivity index (χ2v) is 8.70. The van der Waals surface area contributed by atoms with Gasteiger partial charge in [0.2, 0.25) is 23.6 Å². The predicted octanol–water partition coefficient (Wildman–Crippen LogP) is 1.43. The second kappa shape index (κ2) is 7.27. The van der Waals surface area contributed by atoms with Crippen molar-refractivity contribution in [1.29, 1.82) is 0 Å². The number of carbonyl (C=O) groups is 4. The van der Waals surface area contributed by atoms with Gasteiger partial charge in [0.1, 0.15) is 5.54 Å². The molecule has 2 saturated heterocycles. The Morgan fingerprint density at radius 1 is 1.06 bits per heavy atom. The second-order valence-electron chi connectivity index (χ2n) is 8.70. The number of nitrogens with two attached hydrogens (primary N) is 1. The van der Waals surface area contributed by atoms with Crippen LogP contribution in [0.15, 0.2) is 54.6 Å². The summed E-state index contributed by atoms with van der Waals surface area (Å²) in [5.41, 5.74) is 6.11. The normalized spacial score (nSPS) is 29.2. The lowest BCUT2D eigenvalue weighted by molar-refractivity contribution is -0.145. The van der Waals surface area contributed by atoms with Crippen LogP contribution in [0.3, 0.4) is 0 Å². The van der Waals surface area contributed by atoms with Crippen LogP contribution in [0.4, 0.5) is 5.69 Å². The van der Waals surface area contributed by atoms with Gasteiger partial charge in [0.25, 0.3) is 0 Å². The lowest BCUT2D eigenvalue weighted by atomic mass is 9.76. The van der Waals surface area contributed by atoms with Crippen molar-refractivity contribution in [3.63, 3.8) is 0 Å². The highest BCUT2D eigenvalue weighted by molar-refractivity contribution is 6.15. The average Bonchev–Trinajstić information content (AvgIpc) is 3.37. The van der Waals surface area contributed by atoms with Gasteiger partial charge < -0.3 is 11.1 Å². The summed E-state index contributed by atoms with van der Waals surface area (Å²) >= 11 is 0. The third kappa shape index (κ3) is 2.72. The summed E-state index contributed by atoms with van der Waals surface area (Å²) in [7, 11) is 0. The lowest BCUT2D eigenvalue weighted by Gasteiger charge is -2.31. The van der Waals surface area contributed by atoms with Gasteiger partial charge in [0.05, 0.1) is 17.9 Å². The number of nitrogens with one attached hydrogen (secondary N) is 2. The Morgan fingerprint density at radius 3 is 2.47 bits per heavy atom. The number of hydrogen-bond donors (Lipinski definition) is 3. The molecule has 3 aliphatic heterocycles. The lowest BCUT2D eigenvalue weighted by Crippen LogP contribution is -2.53. The highest BCUT2D eigenvalue weighted by Crippen LogP contribution is 2.54. The van der Waals surface area contributed by atoms with E-state index in [2.05, 4.69) is 10.6 Å². The fraction of sp³-hybridized carbons (Fsp3) is 0.333. The van der Waals surface area contributed by atoms with Crippen molar-refractivity contribution in [2.75, 3.05) is 5.32 Å². The maximum absolute atomic E-state index is 13.8. The van der Waals surface area contributed by atoms with E-state index >= 15 is 0 Å². The molecule has 8 heteroatoms. The van der Waals surface area contributed by atoms with Crippen molar-refractivity contribution in [3.8, 4) is 0 Å². The predicted molar refractivity (Wildman–Crippen MR) is 116 cm³/mol. The number of benzene rings is 2. The fourth-order valence-electron chi connectivity index (χ4n) is 5.59. The number of amides is 4. The topological polar surface area (TPSA) is 122 Å². The van der Waals surface area contributed by atoms with Crippen LogP contribution in [0.2, 0.25) is 0 Å². The van der Waals surface area contributed by atoms with Crippen molar-refractivity contribution >= 4 is 29.3 Å². The molecule has 2 fully saturated rings. The molecule has 8 nitrogen and oxygen atoms in total. The maximum atomic E-state index is 13.8. The third-order valence-electron chi connectivity index (χ3n) is 7.03. The zero-order valence-corrected chi connectivity index (χ0v) is 17.6. The van der Waals surface area contributed by atoms with Gasteiger partial charge in [0, 0.05) is 23.7 Å². The van der Waals surface area contributed by atoms with E-state index in [4.69, 9.17) is 5.73 Å². The number of imide groups is 1. The minimum Gasteiger partial charge on any atom is -0.370 e. The molecule has 0 saturated carbocycles. The average molecular weight is 432 g/mol. The summed E-state index contributed by atoms with van der Waals surface area (Å²) in [5, 5.41) is 6.17. The quantitative estimate of drug-likeness (QED) is 0.617. The molecule has 0 aliphatic carbocycles. The van der Waals surface area contributed by atoms with Crippen LogP contribution in [0, 0.1) is 11.8 Å². The molecule has 2 aromatic carbocycles. The molecule has 2 aromatic rings. The van der Waals surface area contributed by atoms with Crippen LogP contribution in [0.5, 0.6) is 0 Å².